The van der Waals surface area contributed by atoms with Crippen LogP contribution in [-0.2, 0) is 28.7 Å². The van der Waals surface area contributed by atoms with E-state index in [4.69, 9.17) is 15.4 Å². The molecule has 33 heavy (non-hydrogen) atoms. The number of primary sulfonamides is 1. The molecule has 9 heteroatoms. The summed E-state index contributed by atoms with van der Waals surface area (Å²) in [5, 5.41) is 15.3. The molecule has 0 amide bonds. The van der Waals surface area contributed by atoms with Crippen LogP contribution in [0, 0.1) is 11.3 Å². The lowest BCUT2D eigenvalue weighted by Gasteiger charge is -2.13. The molecule has 7 nitrogen and oxygen atoms in total. The minimum atomic E-state index is -3.75. The minimum absolute atomic E-state index is 0.0504. The number of para-hydroxylation sites is 1. The second-order valence-electron chi connectivity index (χ2n) is 7.40. The van der Waals surface area contributed by atoms with E-state index >= 15 is 0 Å². The molecule has 0 bridgehead atoms. The third-order valence-electron chi connectivity index (χ3n) is 5.15. The molecular weight excluding hydrogens is 456 g/mol. The second kappa shape index (κ2) is 9.58. The Morgan fingerprint density at radius 3 is 2.30 bits per heavy atom. The molecule has 4 rings (SSSR count). The summed E-state index contributed by atoms with van der Waals surface area (Å²) in [7, 11) is -3.75. The maximum atomic E-state index is 13.2. The molecule has 0 atom stereocenters. The molecule has 4 aromatic rings. The maximum Gasteiger partial charge on any atom is 0.262 e. The fourth-order valence-electron chi connectivity index (χ4n) is 3.37. The van der Waals surface area contributed by atoms with Gasteiger partial charge < -0.3 is 0 Å². The van der Waals surface area contributed by atoms with E-state index < -0.39 is 10.0 Å². The molecule has 0 saturated heterocycles. The highest BCUT2D eigenvalue weighted by Crippen LogP contribution is 2.23. The van der Waals surface area contributed by atoms with E-state index in [1.807, 2.05) is 30.3 Å². The second-order valence-corrected chi connectivity index (χ2v) is 9.91. The average Bonchev–Trinajstić information content (AvgIpc) is 2.82. The topological polar surface area (TPSA) is 119 Å². The number of aryl methyl sites for hydroxylation is 1. The van der Waals surface area contributed by atoms with Crippen LogP contribution in [0.1, 0.15) is 16.7 Å². The van der Waals surface area contributed by atoms with Crippen molar-refractivity contribution in [2.24, 2.45) is 5.14 Å². The Morgan fingerprint density at radius 2 is 1.64 bits per heavy atom. The Labute approximate surface area is 195 Å². The number of hydrogen-bond donors (Lipinski definition) is 1. The van der Waals surface area contributed by atoms with E-state index in [0.717, 1.165) is 11.1 Å². The molecular formula is C24H20N4O3S2. The normalized spacial score (nSPS) is 11.4. The molecule has 0 unspecified atom stereocenters. The van der Waals surface area contributed by atoms with Gasteiger partial charge in [-0.25, -0.2) is 18.5 Å². The third kappa shape index (κ3) is 5.31. The van der Waals surface area contributed by atoms with Gasteiger partial charge in [-0.1, -0.05) is 48.2 Å². The molecule has 166 valence electrons. The fourth-order valence-corrected chi connectivity index (χ4v) is 4.86. The highest BCUT2D eigenvalue weighted by atomic mass is 32.2. The number of nitriles is 1. The van der Waals surface area contributed by atoms with Gasteiger partial charge in [-0.2, -0.15) is 5.26 Å². The van der Waals surface area contributed by atoms with E-state index in [9.17, 15) is 13.2 Å². The zero-order chi connectivity index (χ0) is 23.4. The summed E-state index contributed by atoms with van der Waals surface area (Å²) in [5.74, 6) is 0.597. The number of sulfonamides is 1. The Kier molecular flexibility index (Phi) is 6.60. The molecule has 1 aromatic heterocycles. The molecule has 3 aromatic carbocycles. The molecule has 0 aliphatic heterocycles. The van der Waals surface area contributed by atoms with Crippen molar-refractivity contribution >= 4 is 32.7 Å². The highest BCUT2D eigenvalue weighted by molar-refractivity contribution is 7.98. The monoisotopic (exact) mass is 476 g/mol. The van der Waals surface area contributed by atoms with Gasteiger partial charge in [0.2, 0.25) is 10.0 Å². The van der Waals surface area contributed by atoms with Gasteiger partial charge in [0.05, 0.1) is 27.4 Å². The van der Waals surface area contributed by atoms with E-state index in [-0.39, 0.29) is 10.5 Å². The van der Waals surface area contributed by atoms with Crippen LogP contribution >= 0.6 is 11.8 Å². The lowest BCUT2D eigenvalue weighted by molar-refractivity contribution is 0.594. The van der Waals surface area contributed by atoms with E-state index in [1.54, 1.807) is 34.9 Å². The van der Waals surface area contributed by atoms with Gasteiger partial charge in [-0.05, 0) is 53.9 Å². The summed E-state index contributed by atoms with van der Waals surface area (Å²) < 4.78 is 24.6. The van der Waals surface area contributed by atoms with Crippen molar-refractivity contribution in [1.82, 2.24) is 9.55 Å². The zero-order valence-corrected chi connectivity index (χ0v) is 19.1. The van der Waals surface area contributed by atoms with Crippen molar-refractivity contribution in [2.45, 2.75) is 28.8 Å². The van der Waals surface area contributed by atoms with Crippen LogP contribution in [-0.4, -0.2) is 18.0 Å². The Morgan fingerprint density at radius 1 is 0.970 bits per heavy atom. The molecule has 0 saturated carbocycles. The van der Waals surface area contributed by atoms with Crippen molar-refractivity contribution in [1.29, 1.82) is 5.26 Å². The van der Waals surface area contributed by atoms with Crippen molar-refractivity contribution in [3.63, 3.8) is 0 Å². The first-order valence-corrected chi connectivity index (χ1v) is 12.6. The predicted molar refractivity (Wildman–Crippen MR) is 128 cm³/mol. The van der Waals surface area contributed by atoms with E-state index in [1.165, 1.54) is 23.9 Å². The largest absolute Gasteiger partial charge is 0.287 e. The van der Waals surface area contributed by atoms with Crippen LogP contribution < -0.4 is 10.7 Å². The third-order valence-corrected chi connectivity index (χ3v) is 7.13. The summed E-state index contributed by atoms with van der Waals surface area (Å²) in [6, 6.07) is 23.0. The van der Waals surface area contributed by atoms with Crippen molar-refractivity contribution in [3.05, 3.63) is 99.8 Å². The lowest BCUT2D eigenvalue weighted by atomic mass is 10.1. The van der Waals surface area contributed by atoms with Gasteiger partial charge in [0, 0.05) is 12.3 Å². The number of benzene rings is 3. The van der Waals surface area contributed by atoms with Crippen LogP contribution in [0.5, 0.6) is 0 Å². The van der Waals surface area contributed by atoms with Crippen LogP contribution in [0.4, 0.5) is 0 Å². The average molecular weight is 477 g/mol. The zero-order valence-electron chi connectivity index (χ0n) is 17.5. The van der Waals surface area contributed by atoms with Gasteiger partial charge in [0.15, 0.2) is 5.16 Å². The van der Waals surface area contributed by atoms with Gasteiger partial charge in [-0.15, -0.1) is 0 Å². The Hall–Kier alpha value is -3.45. The Balaban J connectivity index is 1.61. The molecule has 0 radical (unpaired) electrons. The summed E-state index contributed by atoms with van der Waals surface area (Å²) in [6.07, 6.45) is 0.523. The number of hydrogen-bond acceptors (Lipinski definition) is 6. The van der Waals surface area contributed by atoms with Gasteiger partial charge in [0.1, 0.15) is 0 Å². The predicted octanol–water partition coefficient (Wildman–Crippen LogP) is 3.45. The van der Waals surface area contributed by atoms with Crippen molar-refractivity contribution in [3.8, 4) is 6.07 Å². The van der Waals surface area contributed by atoms with Crippen LogP contribution in [0.2, 0.25) is 0 Å². The number of fused-ring (bicyclic) bond motifs is 1. The first kappa shape index (κ1) is 22.7. The molecule has 1 heterocycles. The molecule has 0 spiro atoms. The van der Waals surface area contributed by atoms with E-state index in [2.05, 4.69) is 6.07 Å². The summed E-state index contributed by atoms with van der Waals surface area (Å²) >= 11 is 1.46. The van der Waals surface area contributed by atoms with Crippen molar-refractivity contribution in [2.75, 3.05) is 0 Å². The highest BCUT2D eigenvalue weighted by Gasteiger charge is 2.13. The van der Waals surface area contributed by atoms with Crippen molar-refractivity contribution < 1.29 is 8.42 Å². The van der Waals surface area contributed by atoms with Crippen LogP contribution in [0.15, 0.2) is 87.6 Å². The quantitative estimate of drug-likeness (QED) is 0.322. The number of aromatic nitrogens is 2. The standard InChI is InChI=1S/C24H20N4O3S2/c25-15-18-5-7-19(8-6-18)16-32-24-27-22-4-2-1-3-21(22)23(29)28(24)14-13-17-9-11-20(12-10-17)33(26,30)31/h1-12H,13-14,16H2,(H2,26,30,31). The smallest absolute Gasteiger partial charge is 0.262 e. The van der Waals surface area contributed by atoms with Gasteiger partial charge in [-0.3, -0.25) is 9.36 Å². The fraction of sp³-hybridized carbons (Fsp3) is 0.125. The number of thioether (sulfide) groups is 1. The number of rotatable bonds is 7. The van der Waals surface area contributed by atoms with Crippen LogP contribution in [0.3, 0.4) is 0 Å². The number of nitrogens with zero attached hydrogens (tertiary/aromatic N) is 3. The minimum Gasteiger partial charge on any atom is -0.287 e. The summed E-state index contributed by atoms with van der Waals surface area (Å²) in [4.78, 5) is 18.0. The van der Waals surface area contributed by atoms with E-state index in [0.29, 0.717) is 40.3 Å². The SMILES string of the molecule is N#Cc1ccc(CSc2nc3ccccc3c(=O)n2CCc2ccc(S(N)(=O)=O)cc2)cc1. The van der Waals surface area contributed by atoms with Crippen LogP contribution in [0.25, 0.3) is 10.9 Å². The number of nitrogens with two attached hydrogens (primary N) is 1. The molecule has 2 N–H and O–H groups in total. The van der Waals surface area contributed by atoms with Gasteiger partial charge in [0.25, 0.3) is 5.56 Å². The Bertz CT molecular complexity index is 1510. The maximum absolute atomic E-state index is 13.2. The first-order chi connectivity index (χ1) is 15.8. The molecule has 0 fully saturated rings. The molecule has 0 aliphatic carbocycles. The summed E-state index contributed by atoms with van der Waals surface area (Å²) in [5.41, 5.74) is 3.01. The lowest BCUT2D eigenvalue weighted by Crippen LogP contribution is -2.24. The van der Waals surface area contributed by atoms with Gasteiger partial charge >= 0.3 is 0 Å². The molecule has 0 aliphatic rings. The first-order valence-electron chi connectivity index (χ1n) is 10.1. The summed E-state index contributed by atoms with van der Waals surface area (Å²) in [6.45, 7) is 0.390.